The van der Waals surface area contributed by atoms with Gasteiger partial charge in [-0.25, -0.2) is 4.79 Å². The number of aromatic nitrogens is 2. The van der Waals surface area contributed by atoms with Crippen LogP contribution in [0.15, 0.2) is 11.3 Å². The van der Waals surface area contributed by atoms with Crippen LogP contribution in [0, 0.1) is 5.92 Å². The number of hydrogen-bond donors (Lipinski definition) is 1. The maximum atomic E-state index is 14.1. The normalized spacial score (nSPS) is 27.0. The molecule has 42 heavy (non-hydrogen) atoms. The van der Waals surface area contributed by atoms with Crippen molar-refractivity contribution in [2.75, 3.05) is 51.5 Å². The molecule has 1 aromatic rings. The molecule has 1 aromatic heterocycles. The molecule has 2 atom stereocenters. The second-order valence-electron chi connectivity index (χ2n) is 12.1. The van der Waals surface area contributed by atoms with Gasteiger partial charge in [0.25, 0.3) is 5.82 Å². The molecule has 11 heteroatoms. The third kappa shape index (κ3) is 5.03. The van der Waals surface area contributed by atoms with Crippen LogP contribution >= 0.6 is 0 Å². The summed E-state index contributed by atoms with van der Waals surface area (Å²) in [7, 11) is 1.70. The summed E-state index contributed by atoms with van der Waals surface area (Å²) < 4.78 is 12.0. The average molecular weight is 584 g/mol. The van der Waals surface area contributed by atoms with E-state index in [9.17, 15) is 14.4 Å². The number of allylic oxidation sites excluding steroid dienone is 2. The monoisotopic (exact) mass is 583 g/mol. The number of hydrogen-bond acceptors (Lipinski definition) is 9. The molecule has 5 heterocycles. The Morgan fingerprint density at radius 1 is 1.14 bits per heavy atom. The number of nitrogens with zero attached hydrogens (tertiary/aromatic N) is 5. The van der Waals surface area contributed by atoms with Crippen LogP contribution in [-0.2, 0) is 9.53 Å². The molecule has 0 radical (unpaired) electrons. The minimum Gasteiger partial charge on any atom is -0.474 e. The number of Topliss-reactive ketones (excluding diaryl/α,β-unsaturated/α-hetero) is 2. The maximum absolute atomic E-state index is 14.1. The number of fused-ring (bicyclic) bond motifs is 3. The van der Waals surface area contributed by atoms with Gasteiger partial charge in [0.1, 0.15) is 25.5 Å². The predicted molar refractivity (Wildman–Crippen MR) is 160 cm³/mol. The van der Waals surface area contributed by atoms with Gasteiger partial charge in [0, 0.05) is 24.7 Å². The predicted octanol–water partition coefficient (Wildman–Crippen LogP) is 4.33. The molecule has 4 fully saturated rings. The summed E-state index contributed by atoms with van der Waals surface area (Å²) in [6.45, 7) is 9.54. The van der Waals surface area contributed by atoms with Crippen molar-refractivity contribution in [1.29, 1.82) is 0 Å². The Morgan fingerprint density at radius 3 is 2.52 bits per heavy atom. The van der Waals surface area contributed by atoms with Crippen LogP contribution in [0.4, 0.5) is 16.3 Å². The average Bonchev–Trinajstić information content (AvgIpc) is 3.78. The minimum atomic E-state index is -0.447. The van der Waals surface area contributed by atoms with E-state index in [0.717, 1.165) is 51.6 Å². The van der Waals surface area contributed by atoms with Crippen LogP contribution < -0.4 is 19.9 Å². The SMILES string of the molecule is CC.CCC/C(C(=O)c1nc(OCC23CCCN2CCC3)c2c(n1)[N+]1(CCOC1)C(=O)N2C)=C(/N)[C@H]1CCCCC1=O. The van der Waals surface area contributed by atoms with Crippen LogP contribution in [0.5, 0.6) is 5.88 Å². The lowest BCUT2D eigenvalue weighted by Gasteiger charge is -2.31. The van der Waals surface area contributed by atoms with E-state index in [2.05, 4.69) is 9.88 Å². The first kappa shape index (κ1) is 30.6. The van der Waals surface area contributed by atoms with Crippen molar-refractivity contribution in [3.05, 3.63) is 17.1 Å². The van der Waals surface area contributed by atoms with Crippen LogP contribution in [0.3, 0.4) is 0 Å². The maximum Gasteiger partial charge on any atom is 0.432 e. The number of carbonyl (C=O) groups excluding carboxylic acids is 3. The highest BCUT2D eigenvalue weighted by Gasteiger charge is 2.57. The van der Waals surface area contributed by atoms with Gasteiger partial charge in [0.15, 0.2) is 12.4 Å². The summed E-state index contributed by atoms with van der Waals surface area (Å²) in [5, 5.41) is 0. The molecular weight excluding hydrogens is 536 g/mol. The van der Waals surface area contributed by atoms with E-state index in [1.807, 2.05) is 20.8 Å². The zero-order valence-corrected chi connectivity index (χ0v) is 25.7. The first-order chi connectivity index (χ1) is 20.3. The summed E-state index contributed by atoms with van der Waals surface area (Å²) in [4.78, 5) is 53.9. The van der Waals surface area contributed by atoms with Crippen molar-refractivity contribution in [2.24, 2.45) is 11.7 Å². The highest BCUT2D eigenvalue weighted by molar-refractivity contribution is 6.12. The Labute approximate surface area is 249 Å². The Bertz CT molecular complexity index is 1250. The van der Waals surface area contributed by atoms with E-state index in [0.29, 0.717) is 68.2 Å². The van der Waals surface area contributed by atoms with Gasteiger partial charge >= 0.3 is 6.03 Å². The van der Waals surface area contributed by atoms with Crippen molar-refractivity contribution in [2.45, 2.75) is 90.5 Å². The van der Waals surface area contributed by atoms with Gasteiger partial charge in [-0.15, -0.1) is 0 Å². The number of quaternary nitrogens is 1. The lowest BCUT2D eigenvalue weighted by atomic mass is 9.83. The molecule has 3 saturated heterocycles. The summed E-state index contributed by atoms with van der Waals surface area (Å²) in [5.41, 5.74) is 7.78. The standard InChI is InChI=1S/C29H40N6O5.C2H6/c1-3-8-20(22(30)19-9-4-5-10-21(19)36)24(37)25-31-26-23(33(2)28(38)35(26)15-16-39-18-35)27(32-25)40-17-29-11-6-13-34(29)14-7-12-29;1-2/h19H,3-18H2,1-2H3,(H-,30,37);1-2H3/p+1/t19-,35?;/m0./s1. The lowest BCUT2D eigenvalue weighted by molar-refractivity contribution is -0.123. The molecule has 2 amide bonds. The van der Waals surface area contributed by atoms with Gasteiger partial charge in [-0.3, -0.25) is 19.4 Å². The first-order valence-electron chi connectivity index (χ1n) is 15.9. The summed E-state index contributed by atoms with van der Waals surface area (Å²) >= 11 is 0. The Balaban J connectivity index is 0.00000173. The minimum absolute atomic E-state index is 0.0365. The highest BCUT2D eigenvalue weighted by atomic mass is 16.5. The molecule has 230 valence electrons. The molecule has 1 unspecified atom stereocenters. The quantitative estimate of drug-likeness (QED) is 0.270. The fraction of sp³-hybridized carbons (Fsp3) is 0.710. The van der Waals surface area contributed by atoms with Gasteiger partial charge in [0.2, 0.25) is 17.5 Å². The number of amides is 2. The van der Waals surface area contributed by atoms with Gasteiger partial charge in [-0.1, -0.05) is 33.6 Å². The summed E-state index contributed by atoms with van der Waals surface area (Å²) in [6.07, 6.45) is 8.40. The lowest BCUT2D eigenvalue weighted by Crippen LogP contribution is -2.53. The molecule has 4 aliphatic heterocycles. The molecule has 11 nitrogen and oxygen atoms in total. The van der Waals surface area contributed by atoms with E-state index in [-0.39, 0.29) is 40.3 Å². The smallest absolute Gasteiger partial charge is 0.432 e. The van der Waals surface area contributed by atoms with Crippen LogP contribution in [0.2, 0.25) is 0 Å². The van der Waals surface area contributed by atoms with E-state index in [4.69, 9.17) is 20.2 Å². The van der Waals surface area contributed by atoms with E-state index in [1.54, 1.807) is 11.9 Å². The van der Waals surface area contributed by atoms with Crippen molar-refractivity contribution >= 4 is 29.1 Å². The molecule has 5 aliphatic rings. The number of anilines is 1. The Kier molecular flexibility index (Phi) is 9.01. The number of ketones is 2. The molecule has 6 rings (SSSR count). The van der Waals surface area contributed by atoms with Crippen molar-refractivity contribution < 1.29 is 23.9 Å². The summed E-state index contributed by atoms with van der Waals surface area (Å²) in [5.74, 6) is -0.101. The van der Waals surface area contributed by atoms with Crippen LogP contribution in [-0.4, -0.2) is 84.6 Å². The van der Waals surface area contributed by atoms with E-state index >= 15 is 0 Å². The molecular formula is C31H47N6O5+. The number of ether oxygens (including phenoxy) is 2. The molecule has 1 aliphatic carbocycles. The van der Waals surface area contributed by atoms with Crippen molar-refractivity contribution in [1.82, 2.24) is 19.4 Å². The molecule has 0 bridgehead atoms. The fourth-order valence-electron chi connectivity index (χ4n) is 7.47. The second-order valence-corrected chi connectivity index (χ2v) is 12.1. The van der Waals surface area contributed by atoms with Gasteiger partial charge in [-0.2, -0.15) is 14.5 Å². The van der Waals surface area contributed by atoms with Crippen LogP contribution in [0.1, 0.15) is 95.6 Å². The van der Waals surface area contributed by atoms with Gasteiger partial charge < -0.3 is 15.2 Å². The third-order valence-corrected chi connectivity index (χ3v) is 9.70. The Hall–Kier alpha value is -2.89. The van der Waals surface area contributed by atoms with Gasteiger partial charge in [-0.05, 0) is 58.0 Å². The number of nitrogens with two attached hydrogens (primary N) is 1. The number of carbonyl (C=O) groups is 3. The third-order valence-electron chi connectivity index (χ3n) is 9.70. The van der Waals surface area contributed by atoms with Crippen LogP contribution in [0.25, 0.3) is 0 Å². The van der Waals surface area contributed by atoms with Crippen molar-refractivity contribution in [3.8, 4) is 5.88 Å². The van der Waals surface area contributed by atoms with E-state index < -0.39 is 11.7 Å². The van der Waals surface area contributed by atoms with E-state index in [1.165, 1.54) is 0 Å². The summed E-state index contributed by atoms with van der Waals surface area (Å²) in [6, 6.07) is -0.172. The van der Waals surface area contributed by atoms with Gasteiger partial charge in [0.05, 0.1) is 11.5 Å². The second kappa shape index (κ2) is 12.4. The topological polar surface area (TPSA) is 128 Å². The molecule has 0 aromatic carbocycles. The molecule has 2 N–H and O–H groups in total. The first-order valence-corrected chi connectivity index (χ1v) is 15.9. The molecule has 1 saturated carbocycles. The van der Waals surface area contributed by atoms with Crippen molar-refractivity contribution in [3.63, 3.8) is 0 Å². The number of urea groups is 1. The molecule has 1 spiro atoms. The number of rotatable bonds is 8. The Morgan fingerprint density at radius 2 is 1.88 bits per heavy atom. The largest absolute Gasteiger partial charge is 0.474 e. The zero-order chi connectivity index (χ0) is 30.1. The fourth-order valence-corrected chi connectivity index (χ4v) is 7.47. The zero-order valence-electron chi connectivity index (χ0n) is 25.7. The highest BCUT2D eigenvalue weighted by Crippen LogP contribution is 2.48.